The Kier molecular flexibility index (Phi) is 15.7. The van der Waals surface area contributed by atoms with E-state index in [0.29, 0.717) is 22.3 Å². The summed E-state index contributed by atoms with van der Waals surface area (Å²) < 4.78 is 15.1. The number of rotatable bonds is 9. The van der Waals surface area contributed by atoms with Crippen LogP contribution in [0.1, 0.15) is 17.5 Å². The quantitative estimate of drug-likeness (QED) is 0.0580. The summed E-state index contributed by atoms with van der Waals surface area (Å²) in [5.74, 6) is -0.983. The van der Waals surface area contributed by atoms with Gasteiger partial charge in [-0.25, -0.2) is 9.68 Å². The Morgan fingerprint density at radius 2 is 1.62 bits per heavy atom. The van der Waals surface area contributed by atoms with Gasteiger partial charge in [0.05, 0.1) is 31.8 Å². The Bertz CT molecular complexity index is 875. The fraction of sp³-hybridized carbons (Fsp3) is 0.190. The summed E-state index contributed by atoms with van der Waals surface area (Å²) in [6.45, 7) is 3.43. The van der Waals surface area contributed by atoms with E-state index in [0.717, 1.165) is 22.3 Å². The van der Waals surface area contributed by atoms with Crippen LogP contribution < -0.4 is 0 Å². The van der Waals surface area contributed by atoms with Gasteiger partial charge in [-0.15, -0.1) is 5.34 Å². The molecule has 0 unspecified atom stereocenters. The van der Waals surface area contributed by atoms with Crippen molar-refractivity contribution in [3.05, 3.63) is 82.8 Å². The van der Waals surface area contributed by atoms with Gasteiger partial charge in [-0.05, 0) is 23.3 Å². The minimum atomic E-state index is -0.520. The maximum absolute atomic E-state index is 12.6. The number of carbonyl (C=O) groups excluding carboxylic acids is 2. The first-order valence-corrected chi connectivity index (χ1v) is 9.51. The summed E-state index contributed by atoms with van der Waals surface area (Å²) in [5, 5.41) is 9.00. The van der Waals surface area contributed by atoms with Gasteiger partial charge in [-0.2, -0.15) is 4.33 Å². The van der Waals surface area contributed by atoms with Crippen LogP contribution in [0, 0.1) is 17.0 Å². The van der Waals surface area contributed by atoms with Gasteiger partial charge in [0.25, 0.3) is 5.97 Å². The van der Waals surface area contributed by atoms with Gasteiger partial charge >= 0.3 is 5.97 Å². The minimum absolute atomic E-state index is 0. The van der Waals surface area contributed by atoms with E-state index in [1.54, 1.807) is 24.3 Å². The summed E-state index contributed by atoms with van der Waals surface area (Å²) in [7, 11) is 2.73. The van der Waals surface area contributed by atoms with E-state index < -0.39 is 11.9 Å². The van der Waals surface area contributed by atoms with Crippen molar-refractivity contribution in [2.75, 3.05) is 20.8 Å². The van der Waals surface area contributed by atoms with Crippen molar-refractivity contribution in [3.63, 3.8) is 0 Å². The first kappa shape index (κ1) is 29.5. The molecule has 0 saturated carbocycles. The maximum atomic E-state index is 12.6. The average Bonchev–Trinajstić information content (AvgIpc) is 2.81. The number of hydrogen-bond donors (Lipinski definition) is 0. The fourth-order valence-electron chi connectivity index (χ4n) is 2.43. The third-order valence-corrected chi connectivity index (χ3v) is 4.41. The Hall–Kier alpha value is -2.52. The molecule has 0 radical (unpaired) electrons. The molecule has 0 bridgehead atoms. The van der Waals surface area contributed by atoms with Gasteiger partial charge in [0.15, 0.2) is 0 Å². The van der Waals surface area contributed by atoms with E-state index >= 15 is 0 Å². The Morgan fingerprint density at radius 1 is 1.03 bits per heavy atom. The smallest absolute Gasteiger partial charge is 0.338 e. The third-order valence-electron chi connectivity index (χ3n) is 3.74. The van der Waals surface area contributed by atoms with Crippen molar-refractivity contribution in [1.29, 1.82) is 0 Å². The molecule has 0 aliphatic rings. The number of methoxy groups -OCH3 is 1. The van der Waals surface area contributed by atoms with Crippen molar-refractivity contribution in [3.8, 4) is 0 Å². The van der Waals surface area contributed by atoms with Crippen molar-refractivity contribution in [1.82, 2.24) is 0 Å². The first-order chi connectivity index (χ1) is 15.0. The van der Waals surface area contributed by atoms with E-state index in [2.05, 4.69) is 11.8 Å². The molecule has 2 aromatic rings. The van der Waals surface area contributed by atoms with Crippen LogP contribution in [-0.2, 0) is 49.3 Å². The summed E-state index contributed by atoms with van der Waals surface area (Å²) in [5.41, 5.74) is 2.23. The molecule has 0 spiro atoms. The monoisotopic (exact) mass is 631 g/mol. The number of esters is 2. The van der Waals surface area contributed by atoms with Gasteiger partial charge in [-0.1, -0.05) is 48.9 Å². The zero-order valence-electron chi connectivity index (χ0n) is 17.3. The normalized spacial score (nSPS) is 10.5. The Labute approximate surface area is 204 Å². The van der Waals surface area contributed by atoms with Gasteiger partial charge in [0, 0.05) is 31.5 Å². The Balaban J connectivity index is 0.00000227. The van der Waals surface area contributed by atoms with Crippen LogP contribution in [0.15, 0.2) is 64.8 Å². The van der Waals surface area contributed by atoms with Crippen LogP contribution in [0.4, 0.5) is 0 Å². The molecule has 9 nitrogen and oxygen atoms in total. The molecule has 2 aromatic carbocycles. The van der Waals surface area contributed by atoms with Gasteiger partial charge in [0.2, 0.25) is 0 Å². The molecule has 0 aromatic heterocycles. The number of nitrogens with zero attached hydrogens (tertiary/aromatic N) is 1. The average molecular weight is 631 g/mol. The molecule has 32 heavy (non-hydrogen) atoms. The minimum Gasteiger partial charge on any atom is -0.465 e. The van der Waals surface area contributed by atoms with E-state index in [1.807, 2.05) is 30.3 Å². The van der Waals surface area contributed by atoms with Gasteiger partial charge < -0.3 is 26.5 Å². The molecule has 0 aliphatic carbocycles. The second-order valence-electron chi connectivity index (χ2n) is 5.54. The van der Waals surface area contributed by atoms with E-state index in [-0.39, 0.29) is 34.1 Å². The molecular weight excluding hydrogens is 610 g/mol. The predicted molar refractivity (Wildman–Crippen MR) is 116 cm³/mol. The topological polar surface area (TPSA) is 124 Å². The summed E-state index contributed by atoms with van der Waals surface area (Å²) in [6.07, 6.45) is -0.00386. The third kappa shape index (κ3) is 9.74. The molecule has 0 fully saturated rings. The van der Waals surface area contributed by atoms with Crippen molar-refractivity contribution >= 4 is 35.1 Å². The molecule has 0 heterocycles. The van der Waals surface area contributed by atoms with Crippen molar-refractivity contribution < 1.29 is 49.3 Å². The van der Waals surface area contributed by atoms with Crippen LogP contribution in [-0.4, -0.2) is 32.8 Å². The first-order valence-electron chi connectivity index (χ1n) is 8.76. The molecule has 2 rings (SSSR count). The zero-order chi connectivity index (χ0) is 23.1. The Morgan fingerprint density at radius 3 is 2.12 bits per heavy atom. The molecule has 0 saturated heterocycles. The van der Waals surface area contributed by atoms with Gasteiger partial charge in [-0.3, -0.25) is 4.79 Å². The van der Waals surface area contributed by atoms with Crippen LogP contribution in [0.5, 0.6) is 0 Å². The summed E-state index contributed by atoms with van der Waals surface area (Å²) in [4.78, 5) is 37.6. The van der Waals surface area contributed by atoms with Crippen molar-refractivity contribution in [2.45, 2.75) is 11.3 Å². The molecule has 0 atom stereocenters. The zero-order valence-corrected chi connectivity index (χ0v) is 21.1. The largest absolute Gasteiger partial charge is 0.465 e. The summed E-state index contributed by atoms with van der Waals surface area (Å²) >= 11 is 1.05. The second-order valence-corrected chi connectivity index (χ2v) is 6.31. The summed E-state index contributed by atoms with van der Waals surface area (Å²) in [6, 6.07) is 16.3. The van der Waals surface area contributed by atoms with Crippen LogP contribution >= 0.6 is 12.0 Å². The number of benzene rings is 2. The van der Waals surface area contributed by atoms with Gasteiger partial charge in [0.1, 0.15) is 6.61 Å². The van der Waals surface area contributed by atoms with E-state index in [4.69, 9.17) is 23.9 Å². The van der Waals surface area contributed by atoms with Crippen molar-refractivity contribution in [2.24, 2.45) is 5.34 Å². The fourth-order valence-corrected chi connectivity index (χ4v) is 2.83. The van der Waals surface area contributed by atoms with Crippen LogP contribution in [0.2, 0.25) is 0 Å². The van der Waals surface area contributed by atoms with E-state index in [9.17, 15) is 9.59 Å². The standard InChI is InChI=1S/C21H21O6S.HNO2.W/c1-4-19(22)26-14-18(15-10-12-17(13-11-15)28-27-25-3)20(21(23)24-2)16-8-6-5-7-9-16;2-1-3;/h5-13H,1,4,14H2,2-3H3;(H,2,3);/q-1;;/p-1/b20-18+;;. The molecular formula is C21H21NO8SW-2. The molecule has 11 heteroatoms. The molecule has 0 amide bonds. The molecule has 0 aliphatic heterocycles. The SMILES string of the molecule is O=N[O-].[CH2-]CC(=O)OC/C(=C(\C(=O)OC)c1ccccc1)c1ccc(SOOC)cc1.[W]. The maximum Gasteiger partial charge on any atom is 0.338 e. The molecule has 0 N–H and O–H groups in total. The van der Waals surface area contributed by atoms with Crippen LogP contribution in [0.3, 0.4) is 0 Å². The second kappa shape index (κ2) is 17.1. The number of ether oxygens (including phenoxy) is 2. The van der Waals surface area contributed by atoms with E-state index in [1.165, 1.54) is 14.2 Å². The molecule has 172 valence electrons. The van der Waals surface area contributed by atoms with Crippen LogP contribution in [0.25, 0.3) is 11.1 Å². The predicted octanol–water partition coefficient (Wildman–Crippen LogP) is 4.37. The number of hydrogen-bond acceptors (Lipinski definition) is 10. The number of carbonyl (C=O) groups is 2.